The molecule has 0 aliphatic rings. The Labute approximate surface area is 73.8 Å². The number of thioether (sulfide) groups is 1. The Kier molecular flexibility index (Phi) is 7.15. The van der Waals surface area contributed by atoms with Crippen LogP contribution in [0.25, 0.3) is 0 Å². The summed E-state index contributed by atoms with van der Waals surface area (Å²) < 4.78 is 0. The van der Waals surface area contributed by atoms with E-state index in [-0.39, 0.29) is 0 Å². The van der Waals surface area contributed by atoms with Crippen molar-refractivity contribution in [3.8, 4) is 12.3 Å². The molecule has 0 aliphatic carbocycles. The summed E-state index contributed by atoms with van der Waals surface area (Å²) in [6.45, 7) is 3.61. The summed E-state index contributed by atoms with van der Waals surface area (Å²) in [4.78, 5) is 1.24. The van der Waals surface area contributed by atoms with Gasteiger partial charge in [0.2, 0.25) is 0 Å². The number of hydrogen-bond donors (Lipinski definition) is 0. The summed E-state index contributed by atoms with van der Waals surface area (Å²) in [7, 11) is 0. The molecule has 0 heterocycles. The number of unbranched alkanes of at least 4 members (excludes halogenated alkanes) is 2. The maximum Gasteiger partial charge on any atom is 0.0256 e. The minimum Gasteiger partial charge on any atom is -0.126 e. The van der Waals surface area contributed by atoms with E-state index in [0.29, 0.717) is 0 Å². The lowest BCUT2D eigenvalue weighted by atomic mass is 10.2. The van der Waals surface area contributed by atoms with Gasteiger partial charge in [-0.2, -0.15) is 0 Å². The van der Waals surface area contributed by atoms with Crippen LogP contribution in [0.15, 0.2) is 17.2 Å². The zero-order valence-electron chi connectivity index (χ0n) is 7.02. The van der Waals surface area contributed by atoms with Crippen LogP contribution in [-0.4, -0.2) is 6.26 Å². The summed E-state index contributed by atoms with van der Waals surface area (Å²) in [5, 5.41) is 0. The van der Waals surface area contributed by atoms with E-state index in [1.165, 1.54) is 4.91 Å². The highest BCUT2D eigenvalue weighted by Crippen LogP contribution is 2.17. The maximum atomic E-state index is 5.12. The molecule has 0 aromatic carbocycles. The lowest BCUT2D eigenvalue weighted by Gasteiger charge is -1.98. The SMILES string of the molecule is C#CCCCCC(=C=C)SC. The average Bonchev–Trinajstić information content (AvgIpc) is 2.05. The summed E-state index contributed by atoms with van der Waals surface area (Å²) in [6, 6.07) is 0. The Balaban J connectivity index is 3.39. The standard InChI is InChI=1S/C10H14S/c1-4-6-7-8-9-10(5-2)11-3/h1H,2,6-9H2,3H3. The topological polar surface area (TPSA) is 0 Å². The number of allylic oxidation sites excluding steroid dienone is 1. The van der Waals surface area contributed by atoms with Crippen LogP contribution >= 0.6 is 11.8 Å². The molecule has 0 saturated heterocycles. The van der Waals surface area contributed by atoms with Gasteiger partial charge in [-0.15, -0.1) is 29.8 Å². The Hall–Kier alpha value is -0.570. The highest BCUT2D eigenvalue weighted by Gasteiger charge is 1.92. The van der Waals surface area contributed by atoms with Crippen molar-refractivity contribution >= 4 is 11.8 Å². The molecule has 0 amide bonds. The van der Waals surface area contributed by atoms with E-state index in [2.05, 4.69) is 24.5 Å². The van der Waals surface area contributed by atoms with Gasteiger partial charge in [-0.1, -0.05) is 6.58 Å². The van der Waals surface area contributed by atoms with Gasteiger partial charge in [0.25, 0.3) is 0 Å². The van der Waals surface area contributed by atoms with Crippen molar-refractivity contribution in [1.82, 2.24) is 0 Å². The third-order valence-corrected chi connectivity index (χ3v) is 2.26. The molecule has 0 unspecified atom stereocenters. The molecule has 0 atom stereocenters. The van der Waals surface area contributed by atoms with Crippen molar-refractivity contribution < 1.29 is 0 Å². The van der Waals surface area contributed by atoms with E-state index >= 15 is 0 Å². The molecule has 0 rings (SSSR count). The zero-order valence-corrected chi connectivity index (χ0v) is 7.84. The molecule has 0 aromatic rings. The third-order valence-electron chi connectivity index (χ3n) is 1.42. The first kappa shape index (κ1) is 10.4. The lowest BCUT2D eigenvalue weighted by molar-refractivity contribution is 0.768. The van der Waals surface area contributed by atoms with Crippen molar-refractivity contribution in [2.75, 3.05) is 6.26 Å². The molecule has 0 saturated carbocycles. The second kappa shape index (κ2) is 7.54. The predicted octanol–water partition coefficient (Wildman–Crippen LogP) is 3.21. The molecule has 1 heteroatoms. The zero-order chi connectivity index (χ0) is 8.53. The minimum atomic E-state index is 0.888. The number of rotatable bonds is 5. The van der Waals surface area contributed by atoms with E-state index in [1.54, 1.807) is 11.8 Å². The van der Waals surface area contributed by atoms with Gasteiger partial charge in [-0.25, -0.2) is 0 Å². The monoisotopic (exact) mass is 166 g/mol. The van der Waals surface area contributed by atoms with Crippen molar-refractivity contribution in [3.63, 3.8) is 0 Å². The number of terminal acetylenes is 1. The van der Waals surface area contributed by atoms with Gasteiger partial charge in [0.05, 0.1) is 0 Å². The molecule has 0 aliphatic heterocycles. The summed E-state index contributed by atoms with van der Waals surface area (Å²) in [5.74, 6) is 2.63. The molecule has 0 N–H and O–H groups in total. The molecule has 0 bridgehead atoms. The van der Waals surface area contributed by atoms with Gasteiger partial charge in [-0.3, -0.25) is 0 Å². The van der Waals surface area contributed by atoms with Gasteiger partial charge in [0.1, 0.15) is 0 Å². The Bertz CT molecular complexity index is 180. The fraction of sp³-hybridized carbons (Fsp3) is 0.500. The summed E-state index contributed by atoms with van der Waals surface area (Å²) >= 11 is 1.72. The van der Waals surface area contributed by atoms with Crippen LogP contribution in [0.2, 0.25) is 0 Å². The summed E-state index contributed by atoms with van der Waals surface area (Å²) in [5.41, 5.74) is 2.91. The Morgan fingerprint density at radius 2 is 2.27 bits per heavy atom. The highest BCUT2D eigenvalue weighted by atomic mass is 32.2. The van der Waals surface area contributed by atoms with Crippen LogP contribution in [0.4, 0.5) is 0 Å². The van der Waals surface area contributed by atoms with E-state index in [1.807, 2.05) is 0 Å². The van der Waals surface area contributed by atoms with Gasteiger partial charge < -0.3 is 0 Å². The molecule has 0 spiro atoms. The Morgan fingerprint density at radius 1 is 1.55 bits per heavy atom. The van der Waals surface area contributed by atoms with Crippen LogP contribution in [0.3, 0.4) is 0 Å². The van der Waals surface area contributed by atoms with Crippen LogP contribution in [-0.2, 0) is 0 Å². The molecule has 0 aromatic heterocycles. The maximum absolute atomic E-state index is 5.12. The van der Waals surface area contributed by atoms with Crippen LogP contribution < -0.4 is 0 Å². The lowest BCUT2D eigenvalue weighted by Crippen LogP contribution is -1.77. The Morgan fingerprint density at radius 3 is 2.73 bits per heavy atom. The average molecular weight is 166 g/mol. The molecular weight excluding hydrogens is 152 g/mol. The van der Waals surface area contributed by atoms with E-state index in [4.69, 9.17) is 6.42 Å². The molecule has 0 radical (unpaired) electrons. The molecule has 0 fully saturated rings. The third kappa shape index (κ3) is 5.85. The second-order valence-corrected chi connectivity index (χ2v) is 3.12. The largest absolute Gasteiger partial charge is 0.126 e. The molecule has 11 heavy (non-hydrogen) atoms. The van der Waals surface area contributed by atoms with Crippen molar-refractivity contribution in [3.05, 3.63) is 17.2 Å². The van der Waals surface area contributed by atoms with Crippen LogP contribution in [0.1, 0.15) is 25.7 Å². The quantitative estimate of drug-likeness (QED) is 0.343. The number of hydrogen-bond acceptors (Lipinski definition) is 1. The van der Waals surface area contributed by atoms with E-state index < -0.39 is 0 Å². The van der Waals surface area contributed by atoms with Crippen molar-refractivity contribution in [1.29, 1.82) is 0 Å². The molecule has 0 nitrogen and oxygen atoms in total. The fourth-order valence-corrected chi connectivity index (χ4v) is 1.27. The van der Waals surface area contributed by atoms with Crippen LogP contribution in [0, 0.1) is 12.3 Å². The van der Waals surface area contributed by atoms with E-state index in [9.17, 15) is 0 Å². The van der Waals surface area contributed by atoms with E-state index in [0.717, 1.165) is 25.7 Å². The summed E-state index contributed by atoms with van der Waals surface area (Å²) in [6.07, 6.45) is 11.4. The smallest absolute Gasteiger partial charge is 0.0256 e. The fourth-order valence-electron chi connectivity index (χ4n) is 0.775. The highest BCUT2D eigenvalue weighted by molar-refractivity contribution is 8.02. The van der Waals surface area contributed by atoms with Crippen molar-refractivity contribution in [2.45, 2.75) is 25.7 Å². The first-order valence-electron chi connectivity index (χ1n) is 3.71. The first-order chi connectivity index (χ1) is 5.35. The first-order valence-corrected chi connectivity index (χ1v) is 4.94. The van der Waals surface area contributed by atoms with Gasteiger partial charge in [-0.05, 0) is 25.5 Å². The normalized spacial score (nSPS) is 8.36. The molecule has 60 valence electrons. The second-order valence-electron chi connectivity index (χ2n) is 2.22. The van der Waals surface area contributed by atoms with Gasteiger partial charge in [0, 0.05) is 11.3 Å². The predicted molar refractivity (Wildman–Crippen MR) is 53.5 cm³/mol. The minimum absolute atomic E-state index is 0.888. The molecular formula is C10H14S. The van der Waals surface area contributed by atoms with Crippen LogP contribution in [0.5, 0.6) is 0 Å². The van der Waals surface area contributed by atoms with Crippen molar-refractivity contribution in [2.24, 2.45) is 0 Å². The van der Waals surface area contributed by atoms with Gasteiger partial charge in [0.15, 0.2) is 0 Å². The van der Waals surface area contributed by atoms with Gasteiger partial charge >= 0.3 is 0 Å².